The number of esters is 1. The number of ketones is 1. The predicted octanol–water partition coefficient (Wildman–Crippen LogP) is 1.70. The molecule has 0 aliphatic carbocycles. The number of aryl methyl sites for hydroxylation is 1. The summed E-state index contributed by atoms with van der Waals surface area (Å²) in [5, 5.41) is 17.5. The van der Waals surface area contributed by atoms with Gasteiger partial charge in [0.25, 0.3) is 0 Å². The number of hydrogen-bond acceptors (Lipinski definition) is 8. The Balaban J connectivity index is 2.05. The molecule has 10 nitrogen and oxygen atoms in total. The highest BCUT2D eigenvalue weighted by molar-refractivity contribution is 6.01. The van der Waals surface area contributed by atoms with Crippen molar-refractivity contribution in [3.05, 3.63) is 41.2 Å². The lowest BCUT2D eigenvalue weighted by atomic mass is 10.2. The van der Waals surface area contributed by atoms with Gasteiger partial charge in [-0.25, -0.2) is 4.68 Å². The number of carbonyl (C=O) groups is 2. The molecular weight excluding hydrogens is 376 g/mol. The monoisotopic (exact) mass is 394 g/mol. The molecule has 10 heteroatoms. The van der Waals surface area contributed by atoms with E-state index < -0.39 is 5.97 Å². The molecule has 0 atom stereocenters. The summed E-state index contributed by atoms with van der Waals surface area (Å²) in [5.74, 6) is 0.0874. The third kappa shape index (κ3) is 2.98. The summed E-state index contributed by atoms with van der Waals surface area (Å²) in [4.78, 5) is 23.9. The van der Waals surface area contributed by atoms with Gasteiger partial charge in [-0.15, -0.1) is 10.2 Å². The molecule has 0 saturated carbocycles. The summed E-state index contributed by atoms with van der Waals surface area (Å²) >= 11 is 0. The highest BCUT2D eigenvalue weighted by atomic mass is 16.5. The van der Waals surface area contributed by atoms with Gasteiger partial charge in [-0.05, 0) is 38.1 Å². The highest BCUT2D eigenvalue weighted by Crippen LogP contribution is 2.25. The Kier molecular flexibility index (Phi) is 4.45. The van der Waals surface area contributed by atoms with Crippen molar-refractivity contribution in [1.82, 2.24) is 29.6 Å². The zero-order valence-electron chi connectivity index (χ0n) is 16.3. The minimum atomic E-state index is -0.450. The molecule has 0 N–H and O–H groups in total. The lowest BCUT2D eigenvalue weighted by Crippen LogP contribution is -2.06. The molecule has 148 valence electrons. The summed E-state index contributed by atoms with van der Waals surface area (Å²) in [6, 6.07) is 7.23. The van der Waals surface area contributed by atoms with Gasteiger partial charge in [0.2, 0.25) is 0 Å². The van der Waals surface area contributed by atoms with Crippen LogP contribution in [0.5, 0.6) is 5.75 Å². The fraction of sp³-hybridized carbons (Fsp3) is 0.263. The van der Waals surface area contributed by atoms with Crippen LogP contribution in [0, 0.1) is 6.92 Å². The first-order valence-corrected chi connectivity index (χ1v) is 8.80. The molecule has 4 rings (SSSR count). The molecule has 4 aromatic rings. The minimum absolute atomic E-state index is 0.0733. The molecule has 0 fully saturated rings. The van der Waals surface area contributed by atoms with Crippen LogP contribution in [0.15, 0.2) is 24.3 Å². The maximum Gasteiger partial charge on any atom is 0.311 e. The van der Waals surface area contributed by atoms with Gasteiger partial charge in [0.15, 0.2) is 22.6 Å². The maximum absolute atomic E-state index is 12.1. The van der Waals surface area contributed by atoms with E-state index in [-0.39, 0.29) is 12.2 Å². The number of Topliss-reactive ketones (excluding diaryl/α,β-unsaturated/α-hetero) is 1. The van der Waals surface area contributed by atoms with Crippen molar-refractivity contribution in [3.63, 3.8) is 0 Å². The van der Waals surface area contributed by atoms with Crippen molar-refractivity contribution in [2.24, 2.45) is 0 Å². The van der Waals surface area contributed by atoms with Crippen LogP contribution in [0.2, 0.25) is 0 Å². The molecule has 0 amide bonds. The third-order valence-corrected chi connectivity index (χ3v) is 4.60. The maximum atomic E-state index is 12.1. The summed E-state index contributed by atoms with van der Waals surface area (Å²) in [7, 11) is 2.90. The van der Waals surface area contributed by atoms with Gasteiger partial charge in [0.1, 0.15) is 11.4 Å². The summed E-state index contributed by atoms with van der Waals surface area (Å²) in [6.45, 7) is 3.19. The van der Waals surface area contributed by atoms with Gasteiger partial charge < -0.3 is 9.47 Å². The lowest BCUT2D eigenvalue weighted by Gasteiger charge is -2.05. The van der Waals surface area contributed by atoms with Crippen LogP contribution in [0.1, 0.15) is 28.7 Å². The van der Waals surface area contributed by atoms with Crippen LogP contribution in [0.25, 0.3) is 22.5 Å². The van der Waals surface area contributed by atoms with Gasteiger partial charge in [0.05, 0.1) is 37.6 Å². The van der Waals surface area contributed by atoms with E-state index in [1.165, 1.54) is 18.5 Å². The average Bonchev–Trinajstić information content (AvgIpc) is 3.25. The van der Waals surface area contributed by atoms with E-state index in [2.05, 4.69) is 20.4 Å². The number of benzene rings is 1. The Morgan fingerprint density at radius 3 is 2.41 bits per heavy atom. The van der Waals surface area contributed by atoms with Gasteiger partial charge in [-0.2, -0.15) is 14.7 Å². The first-order valence-electron chi connectivity index (χ1n) is 8.80. The zero-order valence-corrected chi connectivity index (χ0v) is 16.3. The molecule has 0 spiro atoms. The second-order valence-electron chi connectivity index (χ2n) is 6.43. The van der Waals surface area contributed by atoms with E-state index in [1.807, 2.05) is 12.1 Å². The van der Waals surface area contributed by atoms with E-state index >= 15 is 0 Å². The molecule has 0 radical (unpaired) electrons. The molecule has 1 aromatic carbocycles. The highest BCUT2D eigenvalue weighted by Gasteiger charge is 2.24. The topological polar surface area (TPSA) is 113 Å². The lowest BCUT2D eigenvalue weighted by molar-refractivity contribution is -0.139. The van der Waals surface area contributed by atoms with Crippen molar-refractivity contribution < 1.29 is 19.1 Å². The Labute approximate surface area is 165 Å². The van der Waals surface area contributed by atoms with Crippen molar-refractivity contribution in [2.75, 3.05) is 14.2 Å². The van der Waals surface area contributed by atoms with E-state index in [0.29, 0.717) is 45.2 Å². The van der Waals surface area contributed by atoms with Crippen LogP contribution in [0.4, 0.5) is 0 Å². The fourth-order valence-electron chi connectivity index (χ4n) is 3.23. The van der Waals surface area contributed by atoms with Gasteiger partial charge in [0, 0.05) is 0 Å². The second kappa shape index (κ2) is 6.97. The number of aromatic nitrogens is 6. The molecule has 3 aromatic heterocycles. The summed E-state index contributed by atoms with van der Waals surface area (Å²) in [5.41, 5.74) is 3.27. The molecule has 0 aliphatic heterocycles. The minimum Gasteiger partial charge on any atom is -0.497 e. The normalized spacial score (nSPS) is 11.2. The summed E-state index contributed by atoms with van der Waals surface area (Å²) in [6.07, 6.45) is -0.0733. The number of hydrogen-bond donors (Lipinski definition) is 0. The SMILES string of the molecule is COC(=O)Cc1nn(-c2ccc(OC)cc2)c2c1nnc1c(C(C)=O)c(C)nn12. The van der Waals surface area contributed by atoms with Crippen molar-refractivity contribution in [3.8, 4) is 11.4 Å². The zero-order chi connectivity index (χ0) is 20.7. The van der Waals surface area contributed by atoms with Crippen molar-refractivity contribution >= 4 is 28.6 Å². The van der Waals surface area contributed by atoms with Crippen LogP contribution < -0.4 is 4.74 Å². The average molecular weight is 394 g/mol. The van der Waals surface area contributed by atoms with Crippen LogP contribution in [-0.2, 0) is 16.0 Å². The Bertz CT molecular complexity index is 1260. The van der Waals surface area contributed by atoms with E-state index in [4.69, 9.17) is 9.47 Å². The molecular formula is C19H18N6O4. The number of rotatable bonds is 5. The van der Waals surface area contributed by atoms with E-state index in [9.17, 15) is 9.59 Å². The molecule has 3 heterocycles. The second-order valence-corrected chi connectivity index (χ2v) is 6.43. The number of fused-ring (bicyclic) bond motifs is 3. The van der Waals surface area contributed by atoms with Crippen LogP contribution in [0.3, 0.4) is 0 Å². The smallest absolute Gasteiger partial charge is 0.311 e. The van der Waals surface area contributed by atoms with Gasteiger partial charge in [-0.1, -0.05) is 0 Å². The summed E-state index contributed by atoms with van der Waals surface area (Å²) < 4.78 is 13.1. The number of nitrogens with zero attached hydrogens (tertiary/aromatic N) is 6. The largest absolute Gasteiger partial charge is 0.497 e. The van der Waals surface area contributed by atoms with Gasteiger partial charge >= 0.3 is 5.97 Å². The first kappa shape index (κ1) is 18.5. The Hall–Kier alpha value is -3.82. The molecule has 0 saturated heterocycles. The molecule has 0 bridgehead atoms. The van der Waals surface area contributed by atoms with Crippen molar-refractivity contribution in [1.29, 1.82) is 0 Å². The number of methoxy groups -OCH3 is 2. The van der Waals surface area contributed by atoms with Crippen LogP contribution in [-0.4, -0.2) is 55.6 Å². The van der Waals surface area contributed by atoms with E-state index in [1.54, 1.807) is 30.8 Å². The standard InChI is InChI=1S/C19H18N6O4/c1-10-16(11(2)26)18-21-20-17-14(9-15(27)29-4)23-24(19(17)25(18)22-10)12-5-7-13(28-3)8-6-12/h5-8H,9H2,1-4H3. The fourth-order valence-corrected chi connectivity index (χ4v) is 3.23. The number of ether oxygens (including phenoxy) is 2. The predicted molar refractivity (Wildman–Crippen MR) is 102 cm³/mol. The quantitative estimate of drug-likeness (QED) is 0.371. The molecule has 0 unspecified atom stereocenters. The van der Waals surface area contributed by atoms with Crippen LogP contribution >= 0.6 is 0 Å². The van der Waals surface area contributed by atoms with Crippen molar-refractivity contribution in [2.45, 2.75) is 20.3 Å². The Morgan fingerprint density at radius 2 is 1.79 bits per heavy atom. The molecule has 0 aliphatic rings. The molecule has 29 heavy (non-hydrogen) atoms. The van der Waals surface area contributed by atoms with E-state index in [0.717, 1.165) is 0 Å². The third-order valence-electron chi connectivity index (χ3n) is 4.60. The Morgan fingerprint density at radius 1 is 1.07 bits per heavy atom. The van der Waals surface area contributed by atoms with Gasteiger partial charge in [-0.3, -0.25) is 9.59 Å². The number of carbonyl (C=O) groups excluding carboxylic acids is 2. The first-order chi connectivity index (χ1) is 13.9.